The lowest BCUT2D eigenvalue weighted by Gasteiger charge is -2.13. The summed E-state index contributed by atoms with van der Waals surface area (Å²) < 4.78 is 4.81. The molecule has 0 aromatic heterocycles. The number of rotatable bonds is 7. The van der Waals surface area contributed by atoms with E-state index in [9.17, 15) is 19.2 Å². The summed E-state index contributed by atoms with van der Waals surface area (Å²) in [5, 5.41) is 5.37. The summed E-state index contributed by atoms with van der Waals surface area (Å²) in [5.41, 5.74) is 1.48. The van der Waals surface area contributed by atoms with Gasteiger partial charge in [-0.1, -0.05) is 29.8 Å². The van der Waals surface area contributed by atoms with Gasteiger partial charge in [-0.25, -0.2) is 4.79 Å². The van der Waals surface area contributed by atoms with E-state index in [2.05, 4.69) is 10.6 Å². The van der Waals surface area contributed by atoms with Gasteiger partial charge in [0.1, 0.15) is 0 Å². The number of ether oxygens (including phenoxy) is 1. The number of imide groups is 1. The topological polar surface area (TPSA) is 105 Å². The van der Waals surface area contributed by atoms with Crippen LogP contribution in [0.5, 0.6) is 0 Å². The first-order valence-electron chi connectivity index (χ1n) is 9.70. The van der Waals surface area contributed by atoms with Crippen LogP contribution in [0.4, 0.5) is 15.3 Å². The van der Waals surface area contributed by atoms with Gasteiger partial charge < -0.3 is 10.1 Å². The normalized spacial score (nSPS) is 14.6. The average Bonchev–Trinajstić information content (AvgIpc) is 3.03. The Labute approximate surface area is 193 Å². The zero-order valence-electron chi connectivity index (χ0n) is 17.1. The summed E-state index contributed by atoms with van der Waals surface area (Å²) >= 11 is 6.71. The molecule has 1 heterocycles. The molecule has 1 fully saturated rings. The zero-order chi connectivity index (χ0) is 23.1. The quantitative estimate of drug-likeness (QED) is 0.578. The van der Waals surface area contributed by atoms with E-state index >= 15 is 0 Å². The first kappa shape index (κ1) is 23.4. The van der Waals surface area contributed by atoms with Crippen molar-refractivity contribution in [2.24, 2.45) is 0 Å². The minimum Gasteiger partial charge on any atom is -0.450 e. The highest BCUT2D eigenvalue weighted by Crippen LogP contribution is 2.32. The highest BCUT2D eigenvalue weighted by Gasteiger charge is 2.34. The number of carbonyl (C=O) groups excluding carboxylic acids is 4. The van der Waals surface area contributed by atoms with Gasteiger partial charge in [0.15, 0.2) is 0 Å². The van der Waals surface area contributed by atoms with Crippen molar-refractivity contribution in [2.45, 2.75) is 6.92 Å². The van der Waals surface area contributed by atoms with Crippen molar-refractivity contribution >= 4 is 58.3 Å². The molecule has 0 spiro atoms. The fourth-order valence-electron chi connectivity index (χ4n) is 2.81. The lowest BCUT2D eigenvalue weighted by atomic mass is 10.2. The van der Waals surface area contributed by atoms with Crippen molar-refractivity contribution in [1.29, 1.82) is 0 Å². The Morgan fingerprint density at radius 1 is 1.16 bits per heavy atom. The van der Waals surface area contributed by atoms with Crippen molar-refractivity contribution < 1.29 is 23.9 Å². The van der Waals surface area contributed by atoms with Gasteiger partial charge in [0.05, 0.1) is 11.5 Å². The second-order valence-electron chi connectivity index (χ2n) is 6.57. The van der Waals surface area contributed by atoms with Gasteiger partial charge >= 0.3 is 6.09 Å². The van der Waals surface area contributed by atoms with E-state index in [1.807, 2.05) is 0 Å². The summed E-state index contributed by atoms with van der Waals surface area (Å²) in [6.45, 7) is 2.04. The third-order valence-corrected chi connectivity index (χ3v) is 5.47. The molecule has 0 radical (unpaired) electrons. The van der Waals surface area contributed by atoms with Gasteiger partial charge in [-0.15, -0.1) is 0 Å². The molecule has 2 aromatic carbocycles. The Bertz CT molecular complexity index is 1070. The zero-order valence-corrected chi connectivity index (χ0v) is 18.7. The Balaban J connectivity index is 1.55. The molecule has 166 valence electrons. The fourth-order valence-corrected chi connectivity index (χ4v) is 3.80. The third-order valence-electron chi connectivity index (χ3n) is 4.31. The lowest BCUT2D eigenvalue weighted by Crippen LogP contribution is -2.37. The number of nitrogens with one attached hydrogen (secondary N) is 2. The number of halogens is 1. The van der Waals surface area contributed by atoms with Crippen molar-refractivity contribution in [3.05, 3.63) is 69.6 Å². The van der Waals surface area contributed by atoms with Crippen LogP contribution in [0.15, 0.2) is 53.4 Å². The smallest absolute Gasteiger partial charge is 0.411 e. The number of anilines is 1. The molecule has 8 nitrogen and oxygen atoms in total. The van der Waals surface area contributed by atoms with Crippen LogP contribution in [0.25, 0.3) is 6.08 Å². The van der Waals surface area contributed by atoms with E-state index < -0.39 is 23.1 Å². The van der Waals surface area contributed by atoms with E-state index in [4.69, 9.17) is 16.3 Å². The molecule has 0 aliphatic carbocycles. The molecule has 0 atom stereocenters. The maximum atomic E-state index is 12.6. The number of nitrogens with zero attached hydrogens (tertiary/aromatic N) is 1. The van der Waals surface area contributed by atoms with E-state index in [1.54, 1.807) is 55.5 Å². The van der Waals surface area contributed by atoms with Crippen molar-refractivity contribution in [1.82, 2.24) is 10.2 Å². The minimum atomic E-state index is -0.615. The summed E-state index contributed by atoms with van der Waals surface area (Å²) in [6.07, 6.45) is 1.01. The first-order chi connectivity index (χ1) is 15.4. The van der Waals surface area contributed by atoms with E-state index in [1.165, 1.54) is 6.07 Å². The molecule has 10 heteroatoms. The number of benzene rings is 2. The largest absolute Gasteiger partial charge is 0.450 e. The monoisotopic (exact) mass is 473 g/mol. The van der Waals surface area contributed by atoms with Crippen molar-refractivity contribution in [3.8, 4) is 0 Å². The predicted molar refractivity (Wildman–Crippen MR) is 124 cm³/mol. The second kappa shape index (κ2) is 10.8. The fraction of sp³-hybridized carbons (Fsp3) is 0.182. The molecule has 1 aliphatic heterocycles. The number of hydrogen-bond acceptors (Lipinski definition) is 6. The van der Waals surface area contributed by atoms with Gasteiger partial charge in [0.25, 0.3) is 17.1 Å². The molecule has 3 rings (SSSR count). The molecule has 0 saturated carbocycles. The summed E-state index contributed by atoms with van der Waals surface area (Å²) in [7, 11) is 0. The van der Waals surface area contributed by atoms with Crippen LogP contribution in [0.1, 0.15) is 22.8 Å². The van der Waals surface area contributed by atoms with Crippen LogP contribution in [0.2, 0.25) is 5.02 Å². The molecule has 2 aromatic rings. The van der Waals surface area contributed by atoms with Gasteiger partial charge in [-0.2, -0.15) is 0 Å². The molecule has 32 heavy (non-hydrogen) atoms. The maximum Gasteiger partial charge on any atom is 0.411 e. The summed E-state index contributed by atoms with van der Waals surface area (Å²) in [6, 6.07) is 13.2. The standard InChI is InChI=1S/C22H20ClN3O5S/c1-2-31-21(29)25-17-5-3-4-15(13-17)19(27)24-10-11-26-20(28)18(32-22(26)30)12-14-6-8-16(23)9-7-14/h3-9,12-13H,2,10-11H2,1H3,(H,24,27)(H,25,29)/b18-12-. The number of amides is 4. The van der Waals surface area contributed by atoms with E-state index in [0.29, 0.717) is 21.2 Å². The Morgan fingerprint density at radius 2 is 1.91 bits per heavy atom. The average molecular weight is 474 g/mol. The Morgan fingerprint density at radius 3 is 2.62 bits per heavy atom. The Hall–Kier alpha value is -3.30. The van der Waals surface area contributed by atoms with Crippen LogP contribution in [0.3, 0.4) is 0 Å². The summed E-state index contributed by atoms with van der Waals surface area (Å²) in [4.78, 5) is 50.1. The molecule has 0 bridgehead atoms. The summed E-state index contributed by atoms with van der Waals surface area (Å²) in [5.74, 6) is -0.814. The molecule has 1 aliphatic rings. The van der Waals surface area contributed by atoms with Crippen LogP contribution in [0, 0.1) is 0 Å². The SMILES string of the molecule is CCOC(=O)Nc1cccc(C(=O)NCCN2C(=O)S/C(=C\c3ccc(Cl)cc3)C2=O)c1. The van der Waals surface area contributed by atoms with Crippen LogP contribution < -0.4 is 10.6 Å². The Kier molecular flexibility index (Phi) is 7.91. The molecule has 1 saturated heterocycles. The molecule has 4 amide bonds. The highest BCUT2D eigenvalue weighted by molar-refractivity contribution is 8.18. The first-order valence-corrected chi connectivity index (χ1v) is 10.9. The second-order valence-corrected chi connectivity index (χ2v) is 8.00. The van der Waals surface area contributed by atoms with Gasteiger partial charge in [-0.05, 0) is 60.7 Å². The van der Waals surface area contributed by atoms with E-state index in [0.717, 1.165) is 22.2 Å². The minimum absolute atomic E-state index is 0.0368. The van der Waals surface area contributed by atoms with Crippen LogP contribution in [-0.2, 0) is 9.53 Å². The molecule has 0 unspecified atom stereocenters. The van der Waals surface area contributed by atoms with Gasteiger partial charge in [0.2, 0.25) is 0 Å². The van der Waals surface area contributed by atoms with Crippen LogP contribution >= 0.6 is 23.4 Å². The molecular weight excluding hydrogens is 454 g/mol. The number of hydrogen-bond donors (Lipinski definition) is 2. The highest BCUT2D eigenvalue weighted by atomic mass is 35.5. The molecular formula is C22H20ClN3O5S. The maximum absolute atomic E-state index is 12.6. The van der Waals surface area contributed by atoms with E-state index in [-0.39, 0.29) is 19.7 Å². The lowest BCUT2D eigenvalue weighted by molar-refractivity contribution is -0.122. The number of carbonyl (C=O) groups is 4. The molecule has 2 N–H and O–H groups in total. The predicted octanol–water partition coefficient (Wildman–Crippen LogP) is 4.37. The van der Waals surface area contributed by atoms with Gasteiger partial charge in [-0.3, -0.25) is 24.6 Å². The van der Waals surface area contributed by atoms with Crippen molar-refractivity contribution in [2.75, 3.05) is 25.0 Å². The van der Waals surface area contributed by atoms with Crippen molar-refractivity contribution in [3.63, 3.8) is 0 Å². The van der Waals surface area contributed by atoms with Gasteiger partial charge in [0, 0.05) is 29.4 Å². The number of thioether (sulfide) groups is 1. The third kappa shape index (κ3) is 6.12. The van der Waals surface area contributed by atoms with Crippen LogP contribution in [-0.4, -0.2) is 47.7 Å².